The lowest BCUT2D eigenvalue weighted by Crippen LogP contribution is -2.39. The minimum atomic E-state index is -4.45. The van der Waals surface area contributed by atoms with Gasteiger partial charge in [0, 0.05) is 30.7 Å². The van der Waals surface area contributed by atoms with Gasteiger partial charge in [-0.1, -0.05) is 24.3 Å². The predicted octanol–water partition coefficient (Wildman–Crippen LogP) is 7.88. The number of aromatic nitrogens is 2. The first kappa shape index (κ1) is 29.0. The average molecular weight is 576 g/mol. The molecule has 0 saturated carbocycles. The molecule has 0 spiro atoms. The van der Waals surface area contributed by atoms with Crippen molar-refractivity contribution in [3.8, 4) is 6.07 Å². The van der Waals surface area contributed by atoms with Crippen molar-refractivity contribution in [2.24, 2.45) is 0 Å². The summed E-state index contributed by atoms with van der Waals surface area (Å²) in [5.74, 6) is 0.498. The van der Waals surface area contributed by atoms with Gasteiger partial charge in [0.05, 0.1) is 22.7 Å². The van der Waals surface area contributed by atoms with E-state index in [9.17, 15) is 23.2 Å². The van der Waals surface area contributed by atoms with Crippen molar-refractivity contribution in [1.29, 1.82) is 5.26 Å². The topological polar surface area (TPSA) is 82.7 Å². The van der Waals surface area contributed by atoms with E-state index in [4.69, 9.17) is 9.72 Å². The molecule has 4 aromatic rings. The zero-order chi connectivity index (χ0) is 30.4. The second kappa shape index (κ2) is 10.7. The summed E-state index contributed by atoms with van der Waals surface area (Å²) in [5, 5.41) is 13.6. The van der Waals surface area contributed by atoms with Crippen LogP contribution in [0.25, 0.3) is 22.1 Å². The monoisotopic (exact) mass is 575 g/mol. The molecule has 1 amide bonds. The highest BCUT2D eigenvalue weighted by molar-refractivity contribution is 5.94. The smallest absolute Gasteiger partial charge is 0.416 e. The molecule has 7 nitrogen and oxygen atoms in total. The fourth-order valence-corrected chi connectivity index (χ4v) is 5.35. The molecule has 10 heteroatoms. The van der Waals surface area contributed by atoms with Crippen molar-refractivity contribution in [2.75, 3.05) is 18.4 Å². The molecule has 0 bridgehead atoms. The predicted molar refractivity (Wildman–Crippen MR) is 156 cm³/mol. The Morgan fingerprint density at radius 1 is 1.17 bits per heavy atom. The number of benzene rings is 2. The van der Waals surface area contributed by atoms with E-state index in [0.717, 1.165) is 28.1 Å². The number of carbonyl (C=O) groups excluding carboxylic acids is 1. The van der Waals surface area contributed by atoms with Gasteiger partial charge in [0.1, 0.15) is 23.1 Å². The SMILES string of the molecule is Cc1c(C(C)Nc2nc3cc(C#N)cn3c3ccc(C4=CCN(C(=O)OC(C)(C)C)CC4)cc23)cccc1C(F)(F)F. The number of nitrogens with zero attached hydrogens (tertiary/aromatic N) is 4. The van der Waals surface area contributed by atoms with Gasteiger partial charge in [-0.15, -0.1) is 0 Å². The maximum absolute atomic E-state index is 13.6. The van der Waals surface area contributed by atoms with Crippen molar-refractivity contribution >= 4 is 34.0 Å². The molecule has 2 aromatic heterocycles. The molecule has 1 unspecified atom stereocenters. The van der Waals surface area contributed by atoms with Gasteiger partial charge >= 0.3 is 12.3 Å². The first-order chi connectivity index (χ1) is 19.7. The number of alkyl halides is 3. The van der Waals surface area contributed by atoms with Crippen LogP contribution in [0.3, 0.4) is 0 Å². The molecule has 1 atom stereocenters. The summed E-state index contributed by atoms with van der Waals surface area (Å²) in [7, 11) is 0. The normalized spacial score (nSPS) is 14.9. The first-order valence-electron chi connectivity index (χ1n) is 13.7. The highest BCUT2D eigenvalue weighted by atomic mass is 19.4. The van der Waals surface area contributed by atoms with Crippen LogP contribution in [0.4, 0.5) is 23.8 Å². The van der Waals surface area contributed by atoms with E-state index in [1.807, 2.05) is 49.4 Å². The fourth-order valence-electron chi connectivity index (χ4n) is 5.35. The zero-order valence-corrected chi connectivity index (χ0v) is 24.1. The van der Waals surface area contributed by atoms with Crippen LogP contribution in [0.1, 0.15) is 68.0 Å². The molecule has 5 rings (SSSR count). The Bertz CT molecular complexity index is 1760. The van der Waals surface area contributed by atoms with Gasteiger partial charge in [-0.05, 0) is 81.5 Å². The molecule has 3 heterocycles. The van der Waals surface area contributed by atoms with E-state index in [0.29, 0.717) is 42.1 Å². The van der Waals surface area contributed by atoms with Crippen molar-refractivity contribution in [3.63, 3.8) is 0 Å². The number of halogens is 3. The number of hydrogen-bond donors (Lipinski definition) is 1. The van der Waals surface area contributed by atoms with Crippen LogP contribution in [0.15, 0.2) is 54.7 Å². The molecule has 1 aliphatic rings. The summed E-state index contributed by atoms with van der Waals surface area (Å²) in [5.41, 5.74) is 3.24. The van der Waals surface area contributed by atoms with E-state index in [-0.39, 0.29) is 11.7 Å². The second-order valence-corrected chi connectivity index (χ2v) is 11.6. The van der Waals surface area contributed by atoms with Crippen molar-refractivity contribution in [1.82, 2.24) is 14.3 Å². The maximum Gasteiger partial charge on any atom is 0.416 e. The standard InChI is InChI=1S/C32H32F3N5O2/c1-19-24(7-6-8-26(19)32(33,34)35)20(2)37-29-25-16-23(9-10-27(25)40-18-21(17-36)15-28(40)38-29)22-11-13-39(14-12-22)30(41)42-31(3,4)5/h6-11,15-16,18,20H,12-14H2,1-5H3,(H,37,38). The molecule has 218 valence electrons. The van der Waals surface area contributed by atoms with Gasteiger partial charge in [-0.2, -0.15) is 18.4 Å². The van der Waals surface area contributed by atoms with Crippen LogP contribution in [-0.4, -0.2) is 39.1 Å². The van der Waals surface area contributed by atoms with Crippen LogP contribution < -0.4 is 5.32 Å². The minimum Gasteiger partial charge on any atom is -0.444 e. The van der Waals surface area contributed by atoms with E-state index < -0.39 is 23.4 Å². The van der Waals surface area contributed by atoms with Crippen molar-refractivity contribution in [3.05, 3.63) is 82.6 Å². The van der Waals surface area contributed by atoms with Gasteiger partial charge in [-0.3, -0.25) is 4.40 Å². The summed E-state index contributed by atoms with van der Waals surface area (Å²) in [4.78, 5) is 19.0. The lowest BCUT2D eigenvalue weighted by Gasteiger charge is -2.29. The minimum absolute atomic E-state index is 0.160. The number of anilines is 1. The first-order valence-corrected chi connectivity index (χ1v) is 13.7. The molecule has 1 N–H and O–H groups in total. The quantitative estimate of drug-likeness (QED) is 0.268. The lowest BCUT2D eigenvalue weighted by atomic mass is 9.96. The highest BCUT2D eigenvalue weighted by Crippen LogP contribution is 2.36. The molecule has 1 aliphatic heterocycles. The Labute approximate surface area is 242 Å². The van der Waals surface area contributed by atoms with Gasteiger partial charge in [0.15, 0.2) is 0 Å². The Morgan fingerprint density at radius 3 is 2.57 bits per heavy atom. The van der Waals surface area contributed by atoms with Crippen LogP contribution in [0.5, 0.6) is 0 Å². The van der Waals surface area contributed by atoms with Crippen LogP contribution in [-0.2, 0) is 10.9 Å². The maximum atomic E-state index is 13.6. The molecule has 0 saturated heterocycles. The van der Waals surface area contributed by atoms with Gasteiger partial charge < -0.3 is 15.0 Å². The Morgan fingerprint density at radius 2 is 1.93 bits per heavy atom. The summed E-state index contributed by atoms with van der Waals surface area (Å²) >= 11 is 0. The van der Waals surface area contributed by atoms with Crippen molar-refractivity contribution in [2.45, 2.75) is 58.9 Å². The third-order valence-corrected chi connectivity index (χ3v) is 7.40. The number of nitrogens with one attached hydrogen (secondary N) is 1. The van der Waals surface area contributed by atoms with E-state index in [2.05, 4.69) is 11.4 Å². The Balaban J connectivity index is 1.53. The largest absolute Gasteiger partial charge is 0.444 e. The zero-order valence-electron chi connectivity index (χ0n) is 24.1. The molecule has 0 radical (unpaired) electrons. The molecule has 2 aromatic carbocycles. The van der Waals surface area contributed by atoms with Gasteiger partial charge in [-0.25, -0.2) is 9.78 Å². The third-order valence-electron chi connectivity index (χ3n) is 7.40. The summed E-state index contributed by atoms with van der Waals surface area (Å²) in [6.07, 6.45) is -0.455. The number of ether oxygens (including phenoxy) is 1. The Hall–Kier alpha value is -4.52. The van der Waals surface area contributed by atoms with Crippen LogP contribution in [0, 0.1) is 18.3 Å². The number of nitriles is 1. The van der Waals surface area contributed by atoms with E-state index in [1.54, 1.807) is 30.2 Å². The molecule has 0 fully saturated rings. The number of amides is 1. The fraction of sp³-hybridized carbons (Fsp3) is 0.344. The number of carbonyl (C=O) groups is 1. The summed E-state index contributed by atoms with van der Waals surface area (Å²) < 4.78 is 48.2. The second-order valence-electron chi connectivity index (χ2n) is 11.6. The highest BCUT2D eigenvalue weighted by Gasteiger charge is 2.33. The summed E-state index contributed by atoms with van der Waals surface area (Å²) in [6, 6.07) is 13.5. The van der Waals surface area contributed by atoms with Crippen molar-refractivity contribution < 1.29 is 22.7 Å². The Kier molecular flexibility index (Phi) is 7.39. The number of rotatable bonds is 4. The number of fused-ring (bicyclic) bond motifs is 3. The van der Waals surface area contributed by atoms with Gasteiger partial charge in [0.2, 0.25) is 0 Å². The molecular formula is C32H32F3N5O2. The average Bonchev–Trinajstić information content (AvgIpc) is 3.35. The molecule has 42 heavy (non-hydrogen) atoms. The lowest BCUT2D eigenvalue weighted by molar-refractivity contribution is -0.138. The summed E-state index contributed by atoms with van der Waals surface area (Å²) in [6.45, 7) is 9.71. The van der Waals surface area contributed by atoms with Crippen LogP contribution in [0.2, 0.25) is 0 Å². The molecular weight excluding hydrogens is 543 g/mol. The van der Waals surface area contributed by atoms with E-state index in [1.165, 1.54) is 13.0 Å². The third kappa shape index (κ3) is 5.77. The van der Waals surface area contributed by atoms with Crippen LogP contribution >= 0.6 is 0 Å². The number of hydrogen-bond acceptors (Lipinski definition) is 5. The molecule has 0 aliphatic carbocycles. The van der Waals surface area contributed by atoms with E-state index >= 15 is 0 Å². The van der Waals surface area contributed by atoms with Gasteiger partial charge in [0.25, 0.3) is 0 Å².